The first-order valence-electron chi connectivity index (χ1n) is 8.35. The zero-order valence-corrected chi connectivity index (χ0v) is 15.7. The average Bonchev–Trinajstić information content (AvgIpc) is 3.16. The fraction of sp³-hybridized carbons (Fsp3) is 0.158. The van der Waals surface area contributed by atoms with Crippen molar-refractivity contribution in [2.24, 2.45) is 0 Å². The van der Waals surface area contributed by atoms with E-state index in [-0.39, 0.29) is 34.9 Å². The molecule has 28 heavy (non-hydrogen) atoms. The summed E-state index contributed by atoms with van der Waals surface area (Å²) in [5.74, 6) is -1.13. The molecule has 9 heteroatoms. The molecule has 0 unspecified atom stereocenters. The fourth-order valence-corrected chi connectivity index (χ4v) is 2.86. The maximum Gasteiger partial charge on any atom is 0.340 e. The number of thioether (sulfide) groups is 1. The van der Waals surface area contributed by atoms with Gasteiger partial charge in [-0.2, -0.15) is 0 Å². The molecule has 1 aromatic heterocycles. The minimum Gasteiger partial charge on any atom is -0.462 e. The second-order valence-electron chi connectivity index (χ2n) is 5.49. The van der Waals surface area contributed by atoms with Crippen LogP contribution in [0.5, 0.6) is 0 Å². The van der Waals surface area contributed by atoms with Crippen LogP contribution in [-0.4, -0.2) is 34.4 Å². The number of ether oxygens (including phenoxy) is 1. The van der Waals surface area contributed by atoms with Crippen LogP contribution in [0.25, 0.3) is 11.5 Å². The molecule has 0 radical (unpaired) electrons. The van der Waals surface area contributed by atoms with Crippen LogP contribution in [0.4, 0.5) is 10.1 Å². The number of halogens is 1. The molecule has 144 valence electrons. The second-order valence-corrected chi connectivity index (χ2v) is 6.41. The van der Waals surface area contributed by atoms with E-state index in [1.54, 1.807) is 37.3 Å². The SMILES string of the molecule is CCOC(=O)c1ccccc1NC(=O)CSc1nnc(-c2cccc(F)c2)o1. The molecule has 0 aliphatic carbocycles. The Morgan fingerprint density at radius 2 is 2.00 bits per heavy atom. The largest absolute Gasteiger partial charge is 0.462 e. The highest BCUT2D eigenvalue weighted by atomic mass is 32.2. The summed E-state index contributed by atoms with van der Waals surface area (Å²) < 4.78 is 23.7. The molecule has 0 saturated heterocycles. The highest BCUT2D eigenvalue weighted by Gasteiger charge is 2.15. The molecular formula is C19H16FN3O4S. The van der Waals surface area contributed by atoms with Gasteiger partial charge in [-0.05, 0) is 37.3 Å². The zero-order valence-electron chi connectivity index (χ0n) is 14.8. The van der Waals surface area contributed by atoms with Crippen molar-refractivity contribution in [3.63, 3.8) is 0 Å². The number of amides is 1. The van der Waals surface area contributed by atoms with Crippen LogP contribution in [0.1, 0.15) is 17.3 Å². The summed E-state index contributed by atoms with van der Waals surface area (Å²) in [4.78, 5) is 24.2. The molecule has 1 N–H and O–H groups in total. The molecule has 0 fully saturated rings. The first-order chi connectivity index (χ1) is 13.6. The summed E-state index contributed by atoms with van der Waals surface area (Å²) in [6.07, 6.45) is 0. The molecule has 1 heterocycles. The van der Waals surface area contributed by atoms with Gasteiger partial charge < -0.3 is 14.5 Å². The van der Waals surface area contributed by atoms with E-state index in [0.717, 1.165) is 11.8 Å². The predicted molar refractivity (Wildman–Crippen MR) is 101 cm³/mol. The third-order valence-corrected chi connectivity index (χ3v) is 4.32. The van der Waals surface area contributed by atoms with Crippen molar-refractivity contribution in [3.8, 4) is 11.5 Å². The van der Waals surface area contributed by atoms with Crippen molar-refractivity contribution in [2.45, 2.75) is 12.1 Å². The smallest absolute Gasteiger partial charge is 0.340 e. The van der Waals surface area contributed by atoms with Crippen molar-refractivity contribution >= 4 is 29.3 Å². The van der Waals surface area contributed by atoms with E-state index < -0.39 is 11.8 Å². The molecule has 0 aliphatic rings. The zero-order chi connectivity index (χ0) is 19.9. The average molecular weight is 401 g/mol. The molecule has 7 nitrogen and oxygen atoms in total. The minimum absolute atomic E-state index is 0.0120. The fourth-order valence-electron chi connectivity index (χ4n) is 2.30. The summed E-state index contributed by atoms with van der Waals surface area (Å²) in [6.45, 7) is 1.94. The summed E-state index contributed by atoms with van der Waals surface area (Å²) in [6, 6.07) is 12.3. The van der Waals surface area contributed by atoms with E-state index in [1.807, 2.05) is 0 Å². The van der Waals surface area contributed by atoms with Crippen molar-refractivity contribution in [1.82, 2.24) is 10.2 Å². The van der Waals surface area contributed by atoms with E-state index >= 15 is 0 Å². The third-order valence-electron chi connectivity index (χ3n) is 3.50. The number of esters is 1. The number of hydrogen-bond acceptors (Lipinski definition) is 7. The number of nitrogens with one attached hydrogen (secondary N) is 1. The highest BCUT2D eigenvalue weighted by Crippen LogP contribution is 2.24. The van der Waals surface area contributed by atoms with Gasteiger partial charge in [0, 0.05) is 5.56 Å². The molecule has 0 spiro atoms. The van der Waals surface area contributed by atoms with Crippen LogP contribution in [0.2, 0.25) is 0 Å². The van der Waals surface area contributed by atoms with Crippen LogP contribution in [0, 0.1) is 5.82 Å². The number of carbonyl (C=O) groups excluding carboxylic acids is 2. The van der Waals surface area contributed by atoms with Crippen molar-refractivity contribution < 1.29 is 23.1 Å². The van der Waals surface area contributed by atoms with Crippen LogP contribution in [0.3, 0.4) is 0 Å². The monoisotopic (exact) mass is 401 g/mol. The van der Waals surface area contributed by atoms with Crippen molar-refractivity contribution in [1.29, 1.82) is 0 Å². The molecule has 1 amide bonds. The van der Waals surface area contributed by atoms with Crippen molar-refractivity contribution in [3.05, 3.63) is 59.9 Å². The minimum atomic E-state index is -0.511. The number of hydrogen-bond donors (Lipinski definition) is 1. The number of rotatable bonds is 7. The Kier molecular flexibility index (Phi) is 6.38. The van der Waals surface area contributed by atoms with Gasteiger partial charge in [0.05, 0.1) is 23.6 Å². The lowest BCUT2D eigenvalue weighted by Gasteiger charge is -2.09. The van der Waals surface area contributed by atoms with Crippen LogP contribution < -0.4 is 5.32 Å². The van der Waals surface area contributed by atoms with Crippen LogP contribution in [-0.2, 0) is 9.53 Å². The van der Waals surface area contributed by atoms with Gasteiger partial charge in [0.15, 0.2) is 0 Å². The molecule has 3 aromatic rings. The number of aromatic nitrogens is 2. The Bertz CT molecular complexity index is 993. The molecule has 2 aromatic carbocycles. The first-order valence-corrected chi connectivity index (χ1v) is 9.33. The maximum absolute atomic E-state index is 13.3. The summed E-state index contributed by atoms with van der Waals surface area (Å²) in [7, 11) is 0. The highest BCUT2D eigenvalue weighted by molar-refractivity contribution is 7.99. The molecular weight excluding hydrogens is 385 g/mol. The lowest BCUT2D eigenvalue weighted by atomic mass is 10.2. The molecule has 0 saturated carbocycles. The third kappa shape index (κ3) is 4.95. The number of anilines is 1. The lowest BCUT2D eigenvalue weighted by molar-refractivity contribution is -0.113. The van der Waals surface area contributed by atoms with E-state index in [4.69, 9.17) is 9.15 Å². The van der Waals surface area contributed by atoms with Crippen LogP contribution in [0.15, 0.2) is 58.2 Å². The van der Waals surface area contributed by atoms with E-state index in [2.05, 4.69) is 15.5 Å². The van der Waals surface area contributed by atoms with Gasteiger partial charge in [-0.15, -0.1) is 10.2 Å². The van der Waals surface area contributed by atoms with Gasteiger partial charge in [0.1, 0.15) is 5.82 Å². The summed E-state index contributed by atoms with van der Waals surface area (Å²) in [5.41, 5.74) is 1.08. The number of carbonyl (C=O) groups is 2. The van der Waals surface area contributed by atoms with Gasteiger partial charge in [-0.3, -0.25) is 4.79 Å². The Morgan fingerprint density at radius 1 is 1.18 bits per heavy atom. The Labute approximate surface area is 164 Å². The number of para-hydroxylation sites is 1. The Hall–Kier alpha value is -3.20. The number of nitrogens with zero attached hydrogens (tertiary/aromatic N) is 2. The topological polar surface area (TPSA) is 94.3 Å². The molecule has 0 atom stereocenters. The van der Waals surface area contributed by atoms with E-state index in [1.165, 1.54) is 18.2 Å². The Morgan fingerprint density at radius 3 is 2.79 bits per heavy atom. The Balaban J connectivity index is 1.61. The molecule has 0 bridgehead atoms. The first kappa shape index (κ1) is 19.6. The van der Waals surface area contributed by atoms with Gasteiger partial charge in [0.25, 0.3) is 5.22 Å². The second kappa shape index (κ2) is 9.14. The number of benzene rings is 2. The molecule has 0 aliphatic heterocycles. The summed E-state index contributed by atoms with van der Waals surface area (Å²) >= 11 is 1.03. The van der Waals surface area contributed by atoms with Gasteiger partial charge in [-0.25, -0.2) is 9.18 Å². The van der Waals surface area contributed by atoms with Gasteiger partial charge in [-0.1, -0.05) is 30.0 Å². The molecule has 3 rings (SSSR count). The van der Waals surface area contributed by atoms with E-state index in [9.17, 15) is 14.0 Å². The quantitative estimate of drug-likeness (QED) is 0.475. The van der Waals surface area contributed by atoms with E-state index in [0.29, 0.717) is 11.3 Å². The van der Waals surface area contributed by atoms with Crippen molar-refractivity contribution in [2.75, 3.05) is 17.7 Å². The van der Waals surface area contributed by atoms with Gasteiger partial charge in [0.2, 0.25) is 11.8 Å². The standard InChI is InChI=1S/C19H16FN3O4S/c1-2-26-18(25)14-8-3-4-9-15(14)21-16(24)11-28-19-23-22-17(27-19)12-6-5-7-13(20)10-12/h3-10H,2,11H2,1H3,(H,21,24). The summed E-state index contributed by atoms with van der Waals surface area (Å²) in [5, 5.41) is 10.5. The van der Waals surface area contributed by atoms with Crippen LogP contribution >= 0.6 is 11.8 Å². The predicted octanol–water partition coefficient (Wildman–Crippen LogP) is 3.78. The maximum atomic E-state index is 13.3. The van der Waals surface area contributed by atoms with Gasteiger partial charge >= 0.3 is 5.97 Å². The normalized spacial score (nSPS) is 10.5. The lowest BCUT2D eigenvalue weighted by Crippen LogP contribution is -2.17.